The Bertz CT molecular complexity index is 1050. The van der Waals surface area contributed by atoms with Crippen LogP contribution in [0.2, 0.25) is 0 Å². The number of nitriles is 1. The van der Waals surface area contributed by atoms with E-state index in [0.29, 0.717) is 33.2 Å². The molecule has 0 aliphatic rings. The van der Waals surface area contributed by atoms with Crippen LogP contribution in [0.4, 0.5) is 4.39 Å². The first-order chi connectivity index (χ1) is 10.8. The van der Waals surface area contributed by atoms with Crippen molar-refractivity contribution < 1.29 is 8.81 Å². The van der Waals surface area contributed by atoms with E-state index in [-0.39, 0.29) is 5.82 Å². The number of aromatic nitrogens is 1. The van der Waals surface area contributed by atoms with Crippen LogP contribution in [-0.2, 0) is 0 Å². The Labute approximate surface area is 125 Å². The van der Waals surface area contributed by atoms with Gasteiger partial charge in [0.2, 0.25) is 0 Å². The molecular formula is C18H9FN2O. The van der Waals surface area contributed by atoms with Crippen LogP contribution >= 0.6 is 0 Å². The van der Waals surface area contributed by atoms with Crippen LogP contribution in [-0.4, -0.2) is 4.98 Å². The van der Waals surface area contributed by atoms with Crippen LogP contribution in [0.1, 0.15) is 5.56 Å². The minimum atomic E-state index is -0.372. The van der Waals surface area contributed by atoms with Gasteiger partial charge in [0.15, 0.2) is 5.58 Å². The summed E-state index contributed by atoms with van der Waals surface area (Å²) in [5.74, 6) is -0.372. The second-order valence-corrected chi connectivity index (χ2v) is 4.91. The Morgan fingerprint density at radius 3 is 2.68 bits per heavy atom. The molecule has 0 spiro atoms. The number of hydrogen-bond donors (Lipinski definition) is 0. The smallest absolute Gasteiger partial charge is 0.153 e. The first kappa shape index (κ1) is 12.5. The van der Waals surface area contributed by atoms with Gasteiger partial charge in [-0.15, -0.1) is 0 Å². The number of rotatable bonds is 1. The summed E-state index contributed by atoms with van der Waals surface area (Å²) in [7, 11) is 0. The second kappa shape index (κ2) is 4.68. The Hall–Kier alpha value is -3.19. The molecule has 4 aromatic rings. The van der Waals surface area contributed by atoms with Gasteiger partial charge in [-0.05, 0) is 30.3 Å². The standard InChI is InChI=1S/C18H9FN2O/c19-13-4-3-6-15-17(13)16-12(14-5-1-2-9-21-14)8-7-11(10-20)18(16)22-15/h1-9H. The highest BCUT2D eigenvalue weighted by Gasteiger charge is 2.18. The molecule has 0 radical (unpaired) electrons. The third-order valence-electron chi connectivity index (χ3n) is 3.66. The van der Waals surface area contributed by atoms with Gasteiger partial charge in [0.05, 0.1) is 16.6 Å². The normalized spacial score (nSPS) is 10.9. The fourth-order valence-electron chi connectivity index (χ4n) is 2.70. The zero-order valence-electron chi connectivity index (χ0n) is 11.4. The first-order valence-electron chi connectivity index (χ1n) is 6.75. The number of pyridine rings is 1. The van der Waals surface area contributed by atoms with Crippen molar-refractivity contribution in [2.24, 2.45) is 0 Å². The predicted molar refractivity (Wildman–Crippen MR) is 81.6 cm³/mol. The van der Waals surface area contributed by atoms with Gasteiger partial charge < -0.3 is 4.42 Å². The zero-order valence-corrected chi connectivity index (χ0v) is 11.4. The van der Waals surface area contributed by atoms with E-state index in [1.165, 1.54) is 6.07 Å². The second-order valence-electron chi connectivity index (χ2n) is 4.91. The first-order valence-corrected chi connectivity index (χ1v) is 6.75. The molecule has 22 heavy (non-hydrogen) atoms. The summed E-state index contributed by atoms with van der Waals surface area (Å²) in [5.41, 5.74) is 2.66. The van der Waals surface area contributed by atoms with E-state index >= 15 is 0 Å². The lowest BCUT2D eigenvalue weighted by Gasteiger charge is -2.03. The Morgan fingerprint density at radius 1 is 1.00 bits per heavy atom. The van der Waals surface area contributed by atoms with Crippen molar-refractivity contribution in [1.29, 1.82) is 5.26 Å². The number of furan rings is 1. The molecule has 4 heteroatoms. The molecule has 3 nitrogen and oxygen atoms in total. The molecular weight excluding hydrogens is 279 g/mol. The van der Waals surface area contributed by atoms with E-state index in [1.54, 1.807) is 30.5 Å². The summed E-state index contributed by atoms with van der Waals surface area (Å²) in [6.45, 7) is 0. The number of benzene rings is 2. The molecule has 0 unspecified atom stereocenters. The molecule has 0 fully saturated rings. The molecule has 2 aromatic heterocycles. The van der Waals surface area contributed by atoms with E-state index in [0.717, 1.165) is 5.56 Å². The summed E-state index contributed by atoms with van der Waals surface area (Å²) in [6.07, 6.45) is 1.68. The van der Waals surface area contributed by atoms with Crippen molar-refractivity contribution in [1.82, 2.24) is 4.98 Å². The van der Waals surface area contributed by atoms with Gasteiger partial charge in [-0.3, -0.25) is 4.98 Å². The van der Waals surface area contributed by atoms with E-state index in [9.17, 15) is 9.65 Å². The summed E-state index contributed by atoms with van der Waals surface area (Å²) >= 11 is 0. The fourth-order valence-corrected chi connectivity index (χ4v) is 2.70. The maximum atomic E-state index is 14.3. The number of halogens is 1. The van der Waals surface area contributed by atoms with Crippen LogP contribution in [0.5, 0.6) is 0 Å². The molecule has 0 atom stereocenters. The van der Waals surface area contributed by atoms with E-state index in [1.807, 2.05) is 18.2 Å². The Balaban J connectivity index is 2.24. The summed E-state index contributed by atoms with van der Waals surface area (Å²) < 4.78 is 20.0. The summed E-state index contributed by atoms with van der Waals surface area (Å²) in [5, 5.41) is 10.2. The fraction of sp³-hybridized carbons (Fsp3) is 0. The molecule has 0 aliphatic carbocycles. The quantitative estimate of drug-likeness (QED) is 0.512. The largest absolute Gasteiger partial charge is 0.455 e. The summed E-state index contributed by atoms with van der Waals surface area (Å²) in [6, 6.07) is 15.8. The van der Waals surface area contributed by atoms with Crippen LogP contribution < -0.4 is 0 Å². The molecule has 2 heterocycles. The van der Waals surface area contributed by atoms with Crippen LogP contribution in [0.3, 0.4) is 0 Å². The molecule has 0 N–H and O–H groups in total. The predicted octanol–water partition coefficient (Wildman–Crippen LogP) is 4.66. The number of hydrogen-bond acceptors (Lipinski definition) is 3. The van der Waals surface area contributed by atoms with Gasteiger partial charge >= 0.3 is 0 Å². The van der Waals surface area contributed by atoms with Crippen molar-refractivity contribution in [3.8, 4) is 17.3 Å². The Morgan fingerprint density at radius 2 is 1.91 bits per heavy atom. The average molecular weight is 288 g/mol. The highest BCUT2D eigenvalue weighted by molar-refractivity contribution is 6.13. The Kier molecular flexibility index (Phi) is 2.67. The molecule has 4 rings (SSSR count). The molecule has 2 aromatic carbocycles. The highest BCUT2D eigenvalue weighted by Crippen LogP contribution is 2.38. The van der Waals surface area contributed by atoms with Gasteiger partial charge in [-0.1, -0.05) is 18.2 Å². The van der Waals surface area contributed by atoms with Crippen molar-refractivity contribution in [3.05, 3.63) is 66.1 Å². The maximum absolute atomic E-state index is 14.3. The van der Waals surface area contributed by atoms with Crippen LogP contribution in [0, 0.1) is 17.1 Å². The van der Waals surface area contributed by atoms with Gasteiger partial charge in [-0.25, -0.2) is 4.39 Å². The van der Waals surface area contributed by atoms with Crippen molar-refractivity contribution >= 4 is 21.9 Å². The minimum absolute atomic E-state index is 0.372. The topological polar surface area (TPSA) is 49.8 Å². The number of fused-ring (bicyclic) bond motifs is 3. The van der Waals surface area contributed by atoms with Gasteiger partial charge in [-0.2, -0.15) is 5.26 Å². The van der Waals surface area contributed by atoms with E-state index < -0.39 is 0 Å². The third kappa shape index (κ3) is 1.69. The van der Waals surface area contributed by atoms with E-state index in [4.69, 9.17) is 4.42 Å². The lowest BCUT2D eigenvalue weighted by Crippen LogP contribution is -1.86. The molecule has 0 saturated heterocycles. The van der Waals surface area contributed by atoms with Gasteiger partial charge in [0.1, 0.15) is 17.5 Å². The maximum Gasteiger partial charge on any atom is 0.153 e. The minimum Gasteiger partial charge on any atom is -0.455 e. The monoisotopic (exact) mass is 288 g/mol. The van der Waals surface area contributed by atoms with Crippen molar-refractivity contribution in [2.75, 3.05) is 0 Å². The molecule has 104 valence electrons. The summed E-state index contributed by atoms with van der Waals surface area (Å²) in [4.78, 5) is 4.32. The molecule has 0 bridgehead atoms. The van der Waals surface area contributed by atoms with Crippen LogP contribution in [0.15, 0.2) is 59.1 Å². The highest BCUT2D eigenvalue weighted by atomic mass is 19.1. The lowest BCUT2D eigenvalue weighted by molar-refractivity contribution is 0.633. The number of nitrogens with zero attached hydrogens (tertiary/aromatic N) is 2. The molecule has 0 amide bonds. The van der Waals surface area contributed by atoms with Crippen LogP contribution in [0.25, 0.3) is 33.2 Å². The van der Waals surface area contributed by atoms with Gasteiger partial charge in [0, 0.05) is 17.1 Å². The SMILES string of the molecule is N#Cc1ccc(-c2ccccn2)c2c1oc1cccc(F)c12. The lowest BCUT2D eigenvalue weighted by atomic mass is 10.0. The van der Waals surface area contributed by atoms with Crippen molar-refractivity contribution in [2.45, 2.75) is 0 Å². The third-order valence-corrected chi connectivity index (χ3v) is 3.66. The molecule has 0 saturated carbocycles. The molecule has 0 aliphatic heterocycles. The van der Waals surface area contributed by atoms with Crippen molar-refractivity contribution in [3.63, 3.8) is 0 Å². The zero-order chi connectivity index (χ0) is 15.1. The average Bonchev–Trinajstić information content (AvgIpc) is 2.95. The van der Waals surface area contributed by atoms with E-state index in [2.05, 4.69) is 11.1 Å². The van der Waals surface area contributed by atoms with Gasteiger partial charge in [0.25, 0.3) is 0 Å².